The van der Waals surface area contributed by atoms with Crippen molar-refractivity contribution in [3.63, 3.8) is 0 Å². The van der Waals surface area contributed by atoms with Gasteiger partial charge in [0, 0.05) is 6.54 Å². The molecule has 0 saturated carbocycles. The minimum absolute atomic E-state index is 0.420. The van der Waals surface area contributed by atoms with Gasteiger partial charge in [0.05, 0.1) is 6.61 Å². The van der Waals surface area contributed by atoms with Gasteiger partial charge in [0.25, 0.3) is 0 Å². The van der Waals surface area contributed by atoms with E-state index in [1.165, 1.54) is 6.33 Å². The van der Waals surface area contributed by atoms with Crippen LogP contribution < -0.4 is 15.8 Å². The molecule has 94 valence electrons. The van der Waals surface area contributed by atoms with Crippen molar-refractivity contribution in [1.82, 2.24) is 9.97 Å². The standard InChI is InChI=1S/C13H16N4O/c1-2-18-13-11(14)12(16-9-17-13)15-8-10-6-4-3-5-7-10/h3-7,9H,2,8,14H2,1H3,(H,15,16,17). The second-order valence-electron chi connectivity index (χ2n) is 3.71. The highest BCUT2D eigenvalue weighted by molar-refractivity contribution is 5.66. The molecule has 2 aromatic rings. The summed E-state index contributed by atoms with van der Waals surface area (Å²) >= 11 is 0. The van der Waals surface area contributed by atoms with E-state index in [-0.39, 0.29) is 0 Å². The Bertz CT molecular complexity index is 502. The molecule has 0 radical (unpaired) electrons. The van der Waals surface area contributed by atoms with Gasteiger partial charge in [0.1, 0.15) is 12.0 Å². The Morgan fingerprint density at radius 3 is 2.72 bits per heavy atom. The normalized spacial score (nSPS) is 10.1. The van der Waals surface area contributed by atoms with Crippen molar-refractivity contribution >= 4 is 11.5 Å². The second-order valence-corrected chi connectivity index (χ2v) is 3.71. The van der Waals surface area contributed by atoms with Gasteiger partial charge in [-0.15, -0.1) is 0 Å². The Kier molecular flexibility index (Phi) is 3.96. The Morgan fingerprint density at radius 2 is 2.00 bits per heavy atom. The highest BCUT2D eigenvalue weighted by Crippen LogP contribution is 2.24. The van der Waals surface area contributed by atoms with Crippen molar-refractivity contribution in [3.8, 4) is 5.88 Å². The van der Waals surface area contributed by atoms with E-state index in [9.17, 15) is 0 Å². The summed E-state index contributed by atoms with van der Waals surface area (Å²) in [5.41, 5.74) is 7.52. The third kappa shape index (κ3) is 2.88. The maximum atomic E-state index is 5.92. The Labute approximate surface area is 106 Å². The van der Waals surface area contributed by atoms with Crippen LogP contribution in [0.3, 0.4) is 0 Å². The van der Waals surface area contributed by atoms with Crippen LogP contribution in [0.4, 0.5) is 11.5 Å². The highest BCUT2D eigenvalue weighted by Gasteiger charge is 2.08. The smallest absolute Gasteiger partial charge is 0.242 e. The van der Waals surface area contributed by atoms with Crippen molar-refractivity contribution in [3.05, 3.63) is 42.2 Å². The fourth-order valence-corrected chi connectivity index (χ4v) is 1.55. The van der Waals surface area contributed by atoms with E-state index in [1.54, 1.807) is 0 Å². The molecule has 0 aliphatic heterocycles. The molecule has 0 fully saturated rings. The molecule has 1 heterocycles. The van der Waals surface area contributed by atoms with Gasteiger partial charge < -0.3 is 15.8 Å². The molecule has 3 N–H and O–H groups in total. The van der Waals surface area contributed by atoms with Gasteiger partial charge >= 0.3 is 0 Å². The van der Waals surface area contributed by atoms with E-state index in [2.05, 4.69) is 15.3 Å². The molecule has 1 aromatic heterocycles. The zero-order chi connectivity index (χ0) is 12.8. The molecule has 0 bridgehead atoms. The first-order chi connectivity index (χ1) is 8.81. The first-order valence-electron chi connectivity index (χ1n) is 5.82. The summed E-state index contributed by atoms with van der Waals surface area (Å²) in [5.74, 6) is 1.01. The number of rotatable bonds is 5. The number of anilines is 2. The fraction of sp³-hybridized carbons (Fsp3) is 0.231. The van der Waals surface area contributed by atoms with Crippen molar-refractivity contribution in [2.75, 3.05) is 17.7 Å². The Balaban J connectivity index is 2.08. The topological polar surface area (TPSA) is 73.1 Å². The summed E-state index contributed by atoms with van der Waals surface area (Å²) < 4.78 is 5.31. The molecule has 18 heavy (non-hydrogen) atoms. The van der Waals surface area contributed by atoms with Gasteiger partial charge in [0.2, 0.25) is 5.88 Å². The van der Waals surface area contributed by atoms with E-state index < -0.39 is 0 Å². The van der Waals surface area contributed by atoms with E-state index in [1.807, 2.05) is 37.3 Å². The Morgan fingerprint density at radius 1 is 1.22 bits per heavy atom. The van der Waals surface area contributed by atoms with Crippen LogP contribution in [-0.4, -0.2) is 16.6 Å². The molecular weight excluding hydrogens is 228 g/mol. The quantitative estimate of drug-likeness (QED) is 0.842. The minimum atomic E-state index is 0.420. The number of hydrogen-bond donors (Lipinski definition) is 2. The number of nitrogens with zero attached hydrogens (tertiary/aromatic N) is 2. The Hall–Kier alpha value is -2.30. The number of nitrogens with two attached hydrogens (primary N) is 1. The van der Waals surface area contributed by atoms with Gasteiger partial charge in [-0.05, 0) is 12.5 Å². The molecule has 0 atom stereocenters. The molecule has 0 aliphatic rings. The zero-order valence-corrected chi connectivity index (χ0v) is 10.3. The van der Waals surface area contributed by atoms with Crippen molar-refractivity contribution in [1.29, 1.82) is 0 Å². The molecule has 0 spiro atoms. The summed E-state index contributed by atoms with van der Waals surface area (Å²) in [4.78, 5) is 8.09. The number of ether oxygens (including phenoxy) is 1. The van der Waals surface area contributed by atoms with Crippen molar-refractivity contribution in [2.24, 2.45) is 0 Å². The number of nitrogens with one attached hydrogen (secondary N) is 1. The lowest BCUT2D eigenvalue weighted by atomic mass is 10.2. The maximum absolute atomic E-state index is 5.92. The SMILES string of the molecule is CCOc1ncnc(NCc2ccccc2)c1N. The zero-order valence-electron chi connectivity index (χ0n) is 10.3. The third-order valence-corrected chi connectivity index (χ3v) is 2.43. The minimum Gasteiger partial charge on any atom is -0.476 e. The number of benzene rings is 1. The summed E-state index contributed by atoms with van der Waals surface area (Å²) in [6.07, 6.45) is 1.44. The first kappa shape index (κ1) is 12.2. The van der Waals surface area contributed by atoms with E-state index in [0.29, 0.717) is 30.5 Å². The van der Waals surface area contributed by atoms with E-state index in [4.69, 9.17) is 10.5 Å². The van der Waals surface area contributed by atoms with Gasteiger partial charge in [-0.25, -0.2) is 4.98 Å². The van der Waals surface area contributed by atoms with Crippen LogP contribution in [0.5, 0.6) is 5.88 Å². The lowest BCUT2D eigenvalue weighted by Crippen LogP contribution is -2.07. The molecular formula is C13H16N4O. The monoisotopic (exact) mass is 244 g/mol. The average molecular weight is 244 g/mol. The molecule has 0 aliphatic carbocycles. The molecule has 0 amide bonds. The first-order valence-corrected chi connectivity index (χ1v) is 5.82. The van der Waals surface area contributed by atoms with Gasteiger partial charge in [0.15, 0.2) is 5.82 Å². The predicted molar refractivity (Wildman–Crippen MR) is 71.4 cm³/mol. The van der Waals surface area contributed by atoms with Gasteiger partial charge in [-0.1, -0.05) is 30.3 Å². The molecule has 0 unspecified atom stereocenters. The lowest BCUT2D eigenvalue weighted by molar-refractivity contribution is 0.328. The number of hydrogen-bond acceptors (Lipinski definition) is 5. The van der Waals surface area contributed by atoms with E-state index in [0.717, 1.165) is 5.56 Å². The summed E-state index contributed by atoms with van der Waals surface area (Å²) in [5, 5.41) is 3.17. The van der Waals surface area contributed by atoms with Crippen LogP contribution >= 0.6 is 0 Å². The van der Waals surface area contributed by atoms with Crippen molar-refractivity contribution in [2.45, 2.75) is 13.5 Å². The largest absolute Gasteiger partial charge is 0.476 e. The summed E-state index contributed by atoms with van der Waals surface area (Å²) in [6.45, 7) is 3.07. The molecule has 5 nitrogen and oxygen atoms in total. The number of nitrogen functional groups attached to an aromatic ring is 1. The second kappa shape index (κ2) is 5.86. The highest BCUT2D eigenvalue weighted by atomic mass is 16.5. The van der Waals surface area contributed by atoms with E-state index >= 15 is 0 Å². The summed E-state index contributed by atoms with van der Waals surface area (Å²) in [6, 6.07) is 10.0. The van der Waals surface area contributed by atoms with Crippen molar-refractivity contribution < 1.29 is 4.74 Å². The van der Waals surface area contributed by atoms with Crippen LogP contribution in [-0.2, 0) is 6.54 Å². The summed E-state index contributed by atoms with van der Waals surface area (Å²) in [7, 11) is 0. The van der Waals surface area contributed by atoms with Gasteiger partial charge in [-0.2, -0.15) is 4.98 Å². The maximum Gasteiger partial charge on any atom is 0.242 e. The predicted octanol–water partition coefficient (Wildman–Crippen LogP) is 2.07. The molecule has 2 rings (SSSR count). The lowest BCUT2D eigenvalue weighted by Gasteiger charge is -2.10. The molecule has 0 saturated heterocycles. The van der Waals surface area contributed by atoms with Crippen LogP contribution in [0.25, 0.3) is 0 Å². The van der Waals surface area contributed by atoms with Crippen LogP contribution in [0.2, 0.25) is 0 Å². The average Bonchev–Trinajstić information content (AvgIpc) is 2.41. The third-order valence-electron chi connectivity index (χ3n) is 2.43. The number of aromatic nitrogens is 2. The van der Waals surface area contributed by atoms with Crippen LogP contribution in [0.15, 0.2) is 36.7 Å². The molecule has 5 heteroatoms. The van der Waals surface area contributed by atoms with Crippen LogP contribution in [0, 0.1) is 0 Å². The van der Waals surface area contributed by atoms with Crippen LogP contribution in [0.1, 0.15) is 12.5 Å². The molecule has 1 aromatic carbocycles. The fourth-order valence-electron chi connectivity index (χ4n) is 1.55. The van der Waals surface area contributed by atoms with Gasteiger partial charge in [-0.3, -0.25) is 0 Å².